The van der Waals surface area contributed by atoms with E-state index >= 15 is 0 Å². The first kappa shape index (κ1) is 14.8. The van der Waals surface area contributed by atoms with Crippen LogP contribution in [0.25, 0.3) is 0 Å². The van der Waals surface area contributed by atoms with Gasteiger partial charge in [-0.2, -0.15) is 10.2 Å². The fraction of sp³-hybridized carbons (Fsp3) is 0.625. The molecule has 0 aliphatic heterocycles. The molecule has 0 aliphatic rings. The third-order valence-corrected chi connectivity index (χ3v) is 3.86. The van der Waals surface area contributed by atoms with Crippen LogP contribution in [0, 0.1) is 6.92 Å². The van der Waals surface area contributed by atoms with Crippen molar-refractivity contribution < 1.29 is 0 Å². The Bertz CT molecular complexity index is 538. The maximum Gasteiger partial charge on any atom is 0.0652 e. The number of aryl methyl sites for hydroxylation is 1. The Balaban J connectivity index is 1.89. The highest BCUT2D eigenvalue weighted by Gasteiger charge is 2.13. The summed E-state index contributed by atoms with van der Waals surface area (Å²) in [5.41, 5.74) is 2.42. The molecular weight excluding hydrogens is 248 g/mol. The molecular formula is C16H26N4. The summed E-state index contributed by atoms with van der Waals surface area (Å²) >= 11 is 0. The minimum atomic E-state index is 0.432. The lowest BCUT2D eigenvalue weighted by molar-refractivity contribution is 0.425. The molecule has 2 atom stereocenters. The van der Waals surface area contributed by atoms with Gasteiger partial charge in [0, 0.05) is 30.4 Å². The standard InChI is InChI=1S/C16H26N4/c1-12(2)19-9-8-16(18-19)14(4)6-7-15(5)20-11-13(3)10-17-20/h8-12,14-15H,6-7H2,1-5H3. The van der Waals surface area contributed by atoms with E-state index in [0.717, 1.165) is 12.8 Å². The third kappa shape index (κ3) is 3.50. The molecule has 0 radical (unpaired) electrons. The maximum absolute atomic E-state index is 4.66. The normalized spacial score (nSPS) is 14.7. The molecule has 0 N–H and O–H groups in total. The molecule has 4 nitrogen and oxygen atoms in total. The second kappa shape index (κ2) is 6.25. The smallest absolute Gasteiger partial charge is 0.0652 e. The van der Waals surface area contributed by atoms with Crippen LogP contribution in [0.3, 0.4) is 0 Å². The molecule has 2 aromatic heterocycles. The Hall–Kier alpha value is -1.58. The Labute approximate surface area is 121 Å². The van der Waals surface area contributed by atoms with Crippen molar-refractivity contribution in [3.05, 3.63) is 35.9 Å². The molecule has 2 aromatic rings. The number of aromatic nitrogens is 4. The molecule has 2 unspecified atom stereocenters. The van der Waals surface area contributed by atoms with E-state index in [0.29, 0.717) is 18.0 Å². The topological polar surface area (TPSA) is 35.6 Å². The predicted octanol–water partition coefficient (Wildman–Crippen LogP) is 4.11. The van der Waals surface area contributed by atoms with Gasteiger partial charge in [-0.1, -0.05) is 6.92 Å². The average Bonchev–Trinajstić information content (AvgIpc) is 3.04. The van der Waals surface area contributed by atoms with E-state index in [-0.39, 0.29) is 0 Å². The minimum absolute atomic E-state index is 0.432. The van der Waals surface area contributed by atoms with E-state index in [1.54, 1.807) is 0 Å². The van der Waals surface area contributed by atoms with Crippen LogP contribution < -0.4 is 0 Å². The number of nitrogens with zero attached hydrogens (tertiary/aromatic N) is 4. The summed E-state index contributed by atoms with van der Waals surface area (Å²) in [6.07, 6.45) is 8.37. The van der Waals surface area contributed by atoms with Crippen LogP contribution in [0.5, 0.6) is 0 Å². The Kier molecular flexibility index (Phi) is 4.63. The summed E-state index contributed by atoms with van der Waals surface area (Å²) in [6.45, 7) is 10.9. The van der Waals surface area contributed by atoms with Gasteiger partial charge in [0.05, 0.1) is 11.9 Å². The van der Waals surface area contributed by atoms with Gasteiger partial charge < -0.3 is 0 Å². The van der Waals surface area contributed by atoms with Gasteiger partial charge in [0.2, 0.25) is 0 Å². The molecule has 110 valence electrons. The molecule has 0 fully saturated rings. The monoisotopic (exact) mass is 274 g/mol. The quantitative estimate of drug-likeness (QED) is 0.794. The highest BCUT2D eigenvalue weighted by Crippen LogP contribution is 2.24. The first-order chi connectivity index (χ1) is 9.47. The van der Waals surface area contributed by atoms with Gasteiger partial charge in [0.25, 0.3) is 0 Å². The van der Waals surface area contributed by atoms with Crippen LogP contribution in [0.2, 0.25) is 0 Å². The third-order valence-electron chi connectivity index (χ3n) is 3.86. The Morgan fingerprint density at radius 3 is 2.40 bits per heavy atom. The van der Waals surface area contributed by atoms with Crippen molar-refractivity contribution in [2.45, 2.75) is 65.5 Å². The highest BCUT2D eigenvalue weighted by molar-refractivity contribution is 5.06. The second-order valence-electron chi connectivity index (χ2n) is 6.14. The van der Waals surface area contributed by atoms with Crippen molar-refractivity contribution in [3.63, 3.8) is 0 Å². The highest BCUT2D eigenvalue weighted by atomic mass is 15.3. The van der Waals surface area contributed by atoms with Crippen LogP contribution in [-0.2, 0) is 0 Å². The number of hydrogen-bond donors (Lipinski definition) is 0. The minimum Gasteiger partial charge on any atom is -0.270 e. The zero-order valence-electron chi connectivity index (χ0n) is 13.2. The lowest BCUT2D eigenvalue weighted by Gasteiger charge is -2.15. The molecule has 0 spiro atoms. The zero-order chi connectivity index (χ0) is 14.7. The molecule has 0 aliphatic carbocycles. The molecule has 0 saturated carbocycles. The van der Waals surface area contributed by atoms with E-state index in [9.17, 15) is 0 Å². The van der Waals surface area contributed by atoms with Crippen molar-refractivity contribution >= 4 is 0 Å². The van der Waals surface area contributed by atoms with Gasteiger partial charge >= 0.3 is 0 Å². The summed E-state index contributed by atoms with van der Waals surface area (Å²) in [4.78, 5) is 0. The second-order valence-corrected chi connectivity index (χ2v) is 6.14. The van der Waals surface area contributed by atoms with Gasteiger partial charge in [0.1, 0.15) is 0 Å². The average molecular weight is 274 g/mol. The summed E-state index contributed by atoms with van der Waals surface area (Å²) in [5.74, 6) is 0.495. The van der Waals surface area contributed by atoms with Crippen molar-refractivity contribution in [2.24, 2.45) is 0 Å². The molecule has 0 aromatic carbocycles. The Morgan fingerprint density at radius 1 is 1.10 bits per heavy atom. The molecule has 2 rings (SSSR count). The van der Waals surface area contributed by atoms with E-state index in [1.807, 2.05) is 10.9 Å². The van der Waals surface area contributed by atoms with Crippen LogP contribution in [0.1, 0.15) is 69.8 Å². The van der Waals surface area contributed by atoms with Crippen LogP contribution in [0.15, 0.2) is 24.7 Å². The molecule has 2 heterocycles. The number of rotatable bonds is 6. The van der Waals surface area contributed by atoms with Gasteiger partial charge in [0.15, 0.2) is 0 Å². The van der Waals surface area contributed by atoms with Gasteiger partial charge in [-0.25, -0.2) is 0 Å². The van der Waals surface area contributed by atoms with Crippen LogP contribution in [-0.4, -0.2) is 19.6 Å². The van der Waals surface area contributed by atoms with Crippen LogP contribution >= 0.6 is 0 Å². The maximum atomic E-state index is 4.66. The van der Waals surface area contributed by atoms with E-state index in [4.69, 9.17) is 0 Å². The Morgan fingerprint density at radius 2 is 1.85 bits per heavy atom. The summed E-state index contributed by atoms with van der Waals surface area (Å²) in [7, 11) is 0. The molecule has 4 heteroatoms. The largest absolute Gasteiger partial charge is 0.270 e. The van der Waals surface area contributed by atoms with Crippen molar-refractivity contribution in [3.8, 4) is 0 Å². The molecule has 0 saturated heterocycles. The predicted molar refractivity (Wildman–Crippen MR) is 81.9 cm³/mol. The van der Waals surface area contributed by atoms with Crippen molar-refractivity contribution in [2.75, 3.05) is 0 Å². The molecule has 20 heavy (non-hydrogen) atoms. The number of hydrogen-bond acceptors (Lipinski definition) is 2. The molecule has 0 amide bonds. The summed E-state index contributed by atoms with van der Waals surface area (Å²) in [6, 6.07) is 3.02. The fourth-order valence-corrected chi connectivity index (χ4v) is 2.35. The van der Waals surface area contributed by atoms with Gasteiger partial charge in [-0.05, 0) is 52.2 Å². The summed E-state index contributed by atoms with van der Waals surface area (Å²) in [5, 5.41) is 9.05. The van der Waals surface area contributed by atoms with Gasteiger partial charge in [-0.15, -0.1) is 0 Å². The lowest BCUT2D eigenvalue weighted by Crippen LogP contribution is -2.08. The van der Waals surface area contributed by atoms with Crippen molar-refractivity contribution in [1.82, 2.24) is 19.6 Å². The van der Waals surface area contributed by atoms with Gasteiger partial charge in [-0.3, -0.25) is 9.36 Å². The van der Waals surface area contributed by atoms with E-state index in [1.165, 1.54) is 11.3 Å². The first-order valence-corrected chi connectivity index (χ1v) is 7.53. The lowest BCUT2D eigenvalue weighted by atomic mass is 9.99. The SMILES string of the molecule is Cc1cnn(C(C)CCC(C)c2ccn(C(C)C)n2)c1. The van der Waals surface area contributed by atoms with E-state index in [2.05, 4.69) is 68.0 Å². The van der Waals surface area contributed by atoms with Crippen molar-refractivity contribution in [1.29, 1.82) is 0 Å². The van der Waals surface area contributed by atoms with E-state index < -0.39 is 0 Å². The fourth-order valence-electron chi connectivity index (χ4n) is 2.35. The van der Waals surface area contributed by atoms with Crippen LogP contribution in [0.4, 0.5) is 0 Å². The summed E-state index contributed by atoms with van der Waals surface area (Å²) < 4.78 is 4.10. The first-order valence-electron chi connectivity index (χ1n) is 7.53. The zero-order valence-corrected chi connectivity index (χ0v) is 13.2. The molecule has 0 bridgehead atoms.